The zero-order valence-electron chi connectivity index (χ0n) is 10.2. The average molecular weight is 258 g/mol. The van der Waals surface area contributed by atoms with Crippen LogP contribution in [0.4, 0.5) is 14.5 Å². The summed E-state index contributed by atoms with van der Waals surface area (Å²) in [6.07, 6.45) is 0. The summed E-state index contributed by atoms with van der Waals surface area (Å²) in [4.78, 5) is 4.14. The quantitative estimate of drug-likeness (QED) is 0.334. The van der Waals surface area contributed by atoms with E-state index in [4.69, 9.17) is 5.84 Å². The highest BCUT2D eigenvalue weighted by Gasteiger charge is 2.10. The number of rotatable bonds is 4. The second-order valence-corrected chi connectivity index (χ2v) is 3.72. The van der Waals surface area contributed by atoms with Gasteiger partial charge in [-0.15, -0.1) is 0 Å². The van der Waals surface area contributed by atoms with Gasteiger partial charge in [0.25, 0.3) is 0 Å². The molecule has 0 fully saturated rings. The monoisotopic (exact) mass is 258 g/mol. The van der Waals surface area contributed by atoms with E-state index >= 15 is 0 Å². The summed E-state index contributed by atoms with van der Waals surface area (Å²) in [6.45, 7) is 0.838. The van der Waals surface area contributed by atoms with Gasteiger partial charge in [-0.25, -0.2) is 10.8 Å². The molecule has 0 bridgehead atoms. The summed E-state index contributed by atoms with van der Waals surface area (Å²) < 4.78 is 28.8. The van der Waals surface area contributed by atoms with Gasteiger partial charge in [0.1, 0.15) is 5.75 Å². The minimum absolute atomic E-state index is 0.00623. The van der Waals surface area contributed by atoms with Gasteiger partial charge in [-0.3, -0.25) is 5.43 Å². The van der Waals surface area contributed by atoms with Crippen LogP contribution in [-0.4, -0.2) is 18.6 Å². The molecule has 1 aromatic rings. The number of ether oxygens (including phenoxy) is 1. The zero-order chi connectivity index (χ0) is 13.5. The predicted octanol–water partition coefficient (Wildman–Crippen LogP) is 1.93. The van der Waals surface area contributed by atoms with E-state index in [1.807, 2.05) is 13.8 Å². The molecule has 0 heterocycles. The van der Waals surface area contributed by atoms with Crippen LogP contribution in [0, 0.1) is 0 Å². The Kier molecular flexibility index (Phi) is 5.31. The topological polar surface area (TPSA) is 71.7 Å². The highest BCUT2D eigenvalue weighted by molar-refractivity contribution is 5.94. The minimum Gasteiger partial charge on any atom is -0.433 e. The zero-order valence-corrected chi connectivity index (χ0v) is 10.2. The van der Waals surface area contributed by atoms with Gasteiger partial charge in [-0.2, -0.15) is 8.78 Å². The van der Waals surface area contributed by atoms with Crippen molar-refractivity contribution in [3.05, 3.63) is 24.3 Å². The Hall–Kier alpha value is -1.89. The maximum atomic E-state index is 12.2. The lowest BCUT2D eigenvalue weighted by Crippen LogP contribution is -2.37. The van der Waals surface area contributed by atoms with Crippen molar-refractivity contribution in [2.75, 3.05) is 5.32 Å². The fourth-order valence-electron chi connectivity index (χ4n) is 1.26. The molecule has 0 aromatic heterocycles. The van der Waals surface area contributed by atoms with Crippen molar-refractivity contribution in [1.82, 2.24) is 5.43 Å². The number of benzene rings is 1. The maximum absolute atomic E-state index is 12.2. The molecular weight excluding hydrogens is 242 g/mol. The second-order valence-electron chi connectivity index (χ2n) is 3.72. The third kappa shape index (κ3) is 4.54. The molecule has 0 radical (unpaired) electrons. The number of anilines is 1. The third-order valence-electron chi connectivity index (χ3n) is 1.88. The largest absolute Gasteiger partial charge is 0.433 e. The van der Waals surface area contributed by atoms with Crippen LogP contribution in [-0.2, 0) is 0 Å². The van der Waals surface area contributed by atoms with E-state index in [9.17, 15) is 8.78 Å². The van der Waals surface area contributed by atoms with E-state index in [1.54, 1.807) is 18.2 Å². The van der Waals surface area contributed by atoms with Gasteiger partial charge < -0.3 is 10.1 Å². The Morgan fingerprint density at radius 1 is 1.33 bits per heavy atom. The maximum Gasteiger partial charge on any atom is 0.387 e. The Bertz CT molecular complexity index is 410. The second kappa shape index (κ2) is 6.75. The summed E-state index contributed by atoms with van der Waals surface area (Å²) in [5.74, 6) is 5.59. The molecule has 18 heavy (non-hydrogen) atoms. The molecule has 1 rings (SSSR count). The number of nitrogens with two attached hydrogens (primary N) is 1. The lowest BCUT2D eigenvalue weighted by molar-refractivity contribution is -0.0493. The fourth-order valence-corrected chi connectivity index (χ4v) is 1.26. The van der Waals surface area contributed by atoms with Crippen LogP contribution in [0.1, 0.15) is 13.8 Å². The Labute approximate surface area is 104 Å². The molecule has 0 aliphatic carbocycles. The van der Waals surface area contributed by atoms with E-state index in [2.05, 4.69) is 20.5 Å². The van der Waals surface area contributed by atoms with Crippen molar-refractivity contribution < 1.29 is 13.5 Å². The molecule has 5 nitrogen and oxygen atoms in total. The van der Waals surface area contributed by atoms with Crippen LogP contribution in [0.25, 0.3) is 0 Å². The molecule has 0 saturated heterocycles. The van der Waals surface area contributed by atoms with E-state index < -0.39 is 6.61 Å². The standard InChI is InChI=1S/C11H16F2N4O/c1-7(2)15-11(17-14)16-8-5-3-4-6-9(8)18-10(12)13/h3-7,10H,14H2,1-2H3,(H2,15,16,17). The van der Waals surface area contributed by atoms with E-state index in [1.165, 1.54) is 6.07 Å². The van der Waals surface area contributed by atoms with Crippen molar-refractivity contribution in [2.45, 2.75) is 26.5 Å². The molecular formula is C11H16F2N4O. The lowest BCUT2D eigenvalue weighted by Gasteiger charge is -2.14. The summed E-state index contributed by atoms with van der Waals surface area (Å²) >= 11 is 0. The van der Waals surface area contributed by atoms with Crippen LogP contribution in [0.3, 0.4) is 0 Å². The molecule has 0 saturated carbocycles. The summed E-state index contributed by atoms with van der Waals surface area (Å²) in [5.41, 5.74) is 2.71. The molecule has 0 aliphatic heterocycles. The van der Waals surface area contributed by atoms with Gasteiger partial charge in [0.2, 0.25) is 5.96 Å². The van der Waals surface area contributed by atoms with E-state index in [-0.39, 0.29) is 17.8 Å². The van der Waals surface area contributed by atoms with E-state index in [0.29, 0.717) is 5.69 Å². The fraction of sp³-hybridized carbons (Fsp3) is 0.364. The van der Waals surface area contributed by atoms with Gasteiger partial charge in [0.15, 0.2) is 0 Å². The van der Waals surface area contributed by atoms with Crippen LogP contribution < -0.4 is 21.3 Å². The van der Waals surface area contributed by atoms with Gasteiger partial charge in [-0.1, -0.05) is 12.1 Å². The highest BCUT2D eigenvalue weighted by Crippen LogP contribution is 2.25. The number of alkyl halides is 2. The number of hydrogen-bond acceptors (Lipinski definition) is 3. The van der Waals surface area contributed by atoms with Crippen molar-refractivity contribution >= 4 is 11.6 Å². The SMILES string of the molecule is CC(C)N=C(NN)Nc1ccccc1OC(F)F. The number of aliphatic imine (C=N–C) groups is 1. The molecule has 0 spiro atoms. The molecule has 7 heteroatoms. The first kappa shape index (κ1) is 14.2. The van der Waals surface area contributed by atoms with Crippen molar-refractivity contribution in [3.8, 4) is 5.75 Å². The Morgan fingerprint density at radius 2 is 2.00 bits per heavy atom. The van der Waals surface area contributed by atoms with Crippen LogP contribution in [0.5, 0.6) is 5.75 Å². The first-order chi connectivity index (χ1) is 8.52. The van der Waals surface area contributed by atoms with Gasteiger partial charge >= 0.3 is 6.61 Å². The first-order valence-electron chi connectivity index (χ1n) is 5.38. The number of halogens is 2. The summed E-state index contributed by atoms with van der Waals surface area (Å²) in [6, 6.07) is 6.30. The predicted molar refractivity (Wildman–Crippen MR) is 66.6 cm³/mol. The van der Waals surface area contributed by atoms with Crippen LogP contribution in [0.15, 0.2) is 29.3 Å². The van der Waals surface area contributed by atoms with Crippen molar-refractivity contribution in [2.24, 2.45) is 10.8 Å². The molecule has 0 unspecified atom stereocenters. The Morgan fingerprint density at radius 3 is 2.56 bits per heavy atom. The van der Waals surface area contributed by atoms with Crippen LogP contribution >= 0.6 is 0 Å². The normalized spacial score (nSPS) is 11.8. The van der Waals surface area contributed by atoms with Crippen LogP contribution in [0.2, 0.25) is 0 Å². The van der Waals surface area contributed by atoms with Crippen molar-refractivity contribution in [1.29, 1.82) is 0 Å². The lowest BCUT2D eigenvalue weighted by atomic mass is 10.3. The highest BCUT2D eigenvalue weighted by atomic mass is 19.3. The van der Waals surface area contributed by atoms with E-state index in [0.717, 1.165) is 0 Å². The number of nitrogens with one attached hydrogen (secondary N) is 2. The number of nitrogens with zero attached hydrogens (tertiary/aromatic N) is 1. The first-order valence-corrected chi connectivity index (χ1v) is 5.38. The van der Waals surface area contributed by atoms with Gasteiger partial charge in [-0.05, 0) is 26.0 Å². The molecule has 0 atom stereocenters. The third-order valence-corrected chi connectivity index (χ3v) is 1.88. The molecule has 1 aromatic carbocycles. The average Bonchev–Trinajstić information content (AvgIpc) is 2.29. The number of hydrogen-bond donors (Lipinski definition) is 3. The number of para-hydroxylation sites is 2. The summed E-state index contributed by atoms with van der Waals surface area (Å²) in [7, 11) is 0. The Balaban J connectivity index is 2.89. The molecule has 0 aliphatic rings. The molecule has 0 amide bonds. The molecule has 100 valence electrons. The number of guanidine groups is 1. The van der Waals surface area contributed by atoms with Gasteiger partial charge in [0.05, 0.1) is 5.69 Å². The smallest absolute Gasteiger partial charge is 0.387 e. The number of hydrazine groups is 1. The van der Waals surface area contributed by atoms with Gasteiger partial charge in [0, 0.05) is 6.04 Å². The minimum atomic E-state index is -2.88. The summed E-state index contributed by atoms with van der Waals surface area (Å²) in [5, 5.41) is 2.79. The van der Waals surface area contributed by atoms with Crippen molar-refractivity contribution in [3.63, 3.8) is 0 Å². The molecule has 4 N–H and O–H groups in total.